The van der Waals surface area contributed by atoms with Crippen LogP contribution in [0.2, 0.25) is 39.3 Å². The van der Waals surface area contributed by atoms with Crippen molar-refractivity contribution in [3.05, 3.63) is 61.7 Å². The standard InChI is InChI=1S/2C8H13Si.2CH3.Si.Zr/c2*1-9(2,3)8-6-4-5-7-8;;;;/h2*6-7H,4H2,1-3H3;2*1H3;;/q4*-1;;. The zero-order valence-corrected chi connectivity index (χ0v) is 21.2. The predicted octanol–water partition coefficient (Wildman–Crippen LogP) is 5.62. The first-order valence-electron chi connectivity index (χ1n) is 7.01. The van der Waals surface area contributed by atoms with Crippen molar-refractivity contribution in [2.75, 3.05) is 0 Å². The van der Waals surface area contributed by atoms with E-state index in [0.29, 0.717) is 0 Å². The zero-order chi connectivity index (χ0) is 15.8. The minimum absolute atomic E-state index is 0. The summed E-state index contributed by atoms with van der Waals surface area (Å²) in [6.07, 6.45) is 17.4. The molecule has 0 spiro atoms. The fourth-order valence-electron chi connectivity index (χ4n) is 1.84. The van der Waals surface area contributed by atoms with Crippen LogP contribution in [0.3, 0.4) is 0 Å². The number of allylic oxidation sites excluding steroid dienone is 8. The Morgan fingerprint density at radius 2 is 1.05 bits per heavy atom. The van der Waals surface area contributed by atoms with Crippen LogP contribution in [0.4, 0.5) is 0 Å². The van der Waals surface area contributed by atoms with Crippen molar-refractivity contribution in [2.45, 2.75) is 52.1 Å². The molecule has 0 atom stereocenters. The molecule has 0 fully saturated rings. The van der Waals surface area contributed by atoms with Crippen LogP contribution >= 0.6 is 0 Å². The van der Waals surface area contributed by atoms with Gasteiger partial charge in [0.05, 0.1) is 0 Å². The van der Waals surface area contributed by atoms with Crippen molar-refractivity contribution >= 4 is 23.0 Å². The molecule has 2 radical (unpaired) electrons. The third-order valence-corrected chi connectivity index (χ3v) is 7.29. The molecule has 0 N–H and O–H groups in total. The Morgan fingerprint density at radius 1 is 0.773 bits per heavy atom. The number of rotatable bonds is 2. The molecule has 0 amide bonds. The summed E-state index contributed by atoms with van der Waals surface area (Å²) in [5, 5.41) is 3.12. The molecule has 4 heteroatoms. The van der Waals surface area contributed by atoms with Gasteiger partial charge in [-0.1, -0.05) is 39.3 Å². The second-order valence-corrected chi connectivity index (χ2v) is 17.1. The average Bonchev–Trinajstić information content (AvgIpc) is 3.04. The van der Waals surface area contributed by atoms with Crippen molar-refractivity contribution in [1.82, 2.24) is 0 Å². The van der Waals surface area contributed by atoms with Crippen molar-refractivity contribution in [3.63, 3.8) is 0 Å². The maximum atomic E-state index is 3.20. The Bertz CT molecular complexity index is 379. The van der Waals surface area contributed by atoms with Crippen LogP contribution in [0, 0.1) is 27.0 Å². The average molecular weight is 424 g/mol. The second kappa shape index (κ2) is 12.9. The molecule has 2 rings (SSSR count). The summed E-state index contributed by atoms with van der Waals surface area (Å²) in [4.78, 5) is 0. The molecule has 0 saturated carbocycles. The molecule has 0 aromatic heterocycles. The van der Waals surface area contributed by atoms with E-state index in [1.165, 1.54) is 23.3 Å². The summed E-state index contributed by atoms with van der Waals surface area (Å²) in [6, 6.07) is 0. The summed E-state index contributed by atoms with van der Waals surface area (Å²) in [5.41, 5.74) is 0. The van der Waals surface area contributed by atoms with Gasteiger partial charge in [-0.3, -0.25) is 12.2 Å². The first-order valence-corrected chi connectivity index (χ1v) is 18.2. The summed E-state index contributed by atoms with van der Waals surface area (Å²) >= 11 is 1.36. The molecule has 0 unspecified atom stereocenters. The Labute approximate surface area is 159 Å². The van der Waals surface area contributed by atoms with Gasteiger partial charge in [0.15, 0.2) is 0 Å². The SMILES string of the molecule is C[Si](C)(C)C1=CC[C-]=C1.C[Si](C)(C)C1=CC[C-]=C1.[CH3-].[CH3-].[Si]=[Zr]. The first-order chi connectivity index (χ1) is 9.21. The molecule has 0 heterocycles. The molecule has 0 nitrogen and oxygen atoms in total. The normalized spacial score (nSPS) is 15.1. The van der Waals surface area contributed by atoms with Crippen molar-refractivity contribution < 1.29 is 23.3 Å². The van der Waals surface area contributed by atoms with E-state index in [9.17, 15) is 0 Å². The molecule has 0 aromatic carbocycles. The minimum atomic E-state index is -0.981. The fraction of sp³-hybridized carbons (Fsp3) is 0.444. The van der Waals surface area contributed by atoms with Gasteiger partial charge < -0.3 is 14.9 Å². The molecule has 0 saturated heterocycles. The predicted molar refractivity (Wildman–Crippen MR) is 106 cm³/mol. The first kappa shape index (κ1) is 27.3. The van der Waals surface area contributed by atoms with Gasteiger partial charge in [0.1, 0.15) is 0 Å². The van der Waals surface area contributed by atoms with Crippen LogP contribution in [-0.4, -0.2) is 23.0 Å². The molecular weight excluding hydrogens is 392 g/mol. The van der Waals surface area contributed by atoms with Gasteiger partial charge in [-0.05, 0) is 16.1 Å². The monoisotopic (exact) mass is 422 g/mol. The third-order valence-electron chi connectivity index (χ3n) is 3.13. The second-order valence-electron chi connectivity index (χ2n) is 6.92. The summed E-state index contributed by atoms with van der Waals surface area (Å²) < 4.78 is 0. The molecular formula is C18H32Si3Zr-4. The number of hydrogen-bond donors (Lipinski definition) is 0. The van der Waals surface area contributed by atoms with Crippen molar-refractivity contribution in [3.8, 4) is 0 Å². The quantitative estimate of drug-likeness (QED) is 0.399. The van der Waals surface area contributed by atoms with E-state index in [4.69, 9.17) is 0 Å². The van der Waals surface area contributed by atoms with Gasteiger partial charge in [-0.2, -0.15) is 12.2 Å². The van der Waals surface area contributed by atoms with E-state index in [1.54, 1.807) is 10.4 Å². The fourth-order valence-corrected chi connectivity index (χ4v) is 4.34. The maximum absolute atomic E-state index is 3.20. The molecule has 0 bridgehead atoms. The Kier molecular flexibility index (Phi) is 16.0. The van der Waals surface area contributed by atoms with Crippen LogP contribution in [-0.2, 0) is 23.3 Å². The van der Waals surface area contributed by atoms with Gasteiger partial charge in [-0.25, -0.2) is 22.5 Å². The van der Waals surface area contributed by atoms with E-state index in [1.807, 2.05) is 0 Å². The van der Waals surface area contributed by atoms with E-state index in [2.05, 4.69) is 82.6 Å². The third kappa shape index (κ3) is 11.1. The summed E-state index contributed by atoms with van der Waals surface area (Å²) in [6.45, 7) is 17.2. The van der Waals surface area contributed by atoms with Crippen LogP contribution in [0.25, 0.3) is 0 Å². The van der Waals surface area contributed by atoms with Crippen LogP contribution < -0.4 is 0 Å². The van der Waals surface area contributed by atoms with E-state index >= 15 is 0 Å². The zero-order valence-electron chi connectivity index (χ0n) is 15.7. The van der Waals surface area contributed by atoms with Gasteiger partial charge in [0.25, 0.3) is 0 Å². The molecule has 2 aliphatic rings. The summed E-state index contributed by atoms with van der Waals surface area (Å²) in [7, 11) is -1.96. The molecule has 124 valence electrons. The number of hydrogen-bond acceptors (Lipinski definition) is 0. The summed E-state index contributed by atoms with van der Waals surface area (Å²) in [5.74, 6) is 0. The molecule has 22 heavy (non-hydrogen) atoms. The van der Waals surface area contributed by atoms with Crippen LogP contribution in [0.5, 0.6) is 0 Å². The van der Waals surface area contributed by atoms with Gasteiger partial charge in [0, 0.05) is 0 Å². The van der Waals surface area contributed by atoms with Crippen molar-refractivity contribution in [1.29, 1.82) is 0 Å². The molecule has 0 aromatic rings. The topological polar surface area (TPSA) is 0 Å². The Morgan fingerprint density at radius 3 is 1.14 bits per heavy atom. The Balaban J connectivity index is -0.000000273. The van der Waals surface area contributed by atoms with Crippen molar-refractivity contribution in [2.24, 2.45) is 0 Å². The van der Waals surface area contributed by atoms with Gasteiger partial charge in [0.2, 0.25) is 0 Å². The van der Waals surface area contributed by atoms with Gasteiger partial charge >= 0.3 is 30.2 Å². The van der Waals surface area contributed by atoms with E-state index in [0.717, 1.165) is 12.8 Å². The van der Waals surface area contributed by atoms with E-state index in [-0.39, 0.29) is 14.9 Å². The van der Waals surface area contributed by atoms with E-state index < -0.39 is 16.1 Å². The molecule has 0 aliphatic heterocycles. The van der Waals surface area contributed by atoms with Crippen LogP contribution in [0.1, 0.15) is 12.8 Å². The van der Waals surface area contributed by atoms with Gasteiger partial charge in [-0.15, -0.1) is 12.8 Å². The Hall–Kier alpha value is 0.494. The van der Waals surface area contributed by atoms with Crippen LogP contribution in [0.15, 0.2) is 34.7 Å². The molecule has 2 aliphatic carbocycles.